The van der Waals surface area contributed by atoms with Crippen LogP contribution >= 0.6 is 0 Å². The number of tetrazole rings is 1. The molecule has 0 saturated heterocycles. The summed E-state index contributed by atoms with van der Waals surface area (Å²) in [6.07, 6.45) is 2.12. The molecular weight excluding hydrogens is 362 g/mol. The molecule has 29 heavy (non-hydrogen) atoms. The van der Waals surface area contributed by atoms with Gasteiger partial charge in [0.15, 0.2) is 0 Å². The van der Waals surface area contributed by atoms with Gasteiger partial charge in [-0.25, -0.2) is 0 Å². The van der Waals surface area contributed by atoms with Crippen molar-refractivity contribution in [1.82, 2.24) is 20.2 Å². The third-order valence-corrected chi connectivity index (χ3v) is 5.09. The molecule has 0 spiro atoms. The summed E-state index contributed by atoms with van der Waals surface area (Å²) < 4.78 is 7.33. The Morgan fingerprint density at radius 3 is 2.31 bits per heavy atom. The molecule has 1 N–H and O–H groups in total. The molecule has 6 heteroatoms. The molecule has 3 aromatic carbocycles. The Morgan fingerprint density at radius 1 is 0.828 bits per heavy atom. The number of methoxy groups -OCH3 is 1. The van der Waals surface area contributed by atoms with Crippen LogP contribution in [0, 0.1) is 0 Å². The molecule has 1 unspecified atom stereocenters. The molecule has 142 valence electrons. The standard InChI is InChI=1S/C23H19N5O/c1-29-22-10-6-5-9-19(22)21-15-20(24-23-25-26-27-28(21)23)18-13-11-17(12-14-18)16-7-3-2-4-8-16/h2-15,21H,1H3,(H,24,25,27). The lowest BCUT2D eigenvalue weighted by molar-refractivity contribution is 0.403. The van der Waals surface area contributed by atoms with Gasteiger partial charge in [-0.05, 0) is 39.3 Å². The SMILES string of the molecule is COc1ccccc1C1C=C(c2ccc(-c3ccccc3)cc2)Nc2nnnn21. The first-order valence-electron chi connectivity index (χ1n) is 9.39. The number of hydrogen-bond acceptors (Lipinski definition) is 5. The molecule has 1 atom stereocenters. The fraction of sp³-hybridized carbons (Fsp3) is 0.0870. The summed E-state index contributed by atoms with van der Waals surface area (Å²) in [6, 6.07) is 26.6. The minimum atomic E-state index is -0.166. The number of ether oxygens (including phenoxy) is 1. The average Bonchev–Trinajstić information content (AvgIpc) is 3.28. The lowest BCUT2D eigenvalue weighted by Gasteiger charge is -2.24. The largest absolute Gasteiger partial charge is 0.496 e. The quantitative estimate of drug-likeness (QED) is 0.567. The number of hydrogen-bond donors (Lipinski definition) is 1. The van der Waals surface area contributed by atoms with E-state index in [1.165, 1.54) is 11.1 Å². The molecule has 4 aromatic rings. The number of nitrogens with zero attached hydrogens (tertiary/aromatic N) is 4. The van der Waals surface area contributed by atoms with E-state index in [1.54, 1.807) is 11.8 Å². The van der Waals surface area contributed by atoms with Crippen LogP contribution < -0.4 is 10.1 Å². The van der Waals surface area contributed by atoms with Crippen molar-refractivity contribution in [2.75, 3.05) is 12.4 Å². The third kappa shape index (κ3) is 3.14. The van der Waals surface area contributed by atoms with Crippen LogP contribution in [0.15, 0.2) is 84.9 Å². The average molecular weight is 381 g/mol. The highest BCUT2D eigenvalue weighted by Gasteiger charge is 2.26. The Hall–Kier alpha value is -3.93. The van der Waals surface area contributed by atoms with Gasteiger partial charge in [0.25, 0.3) is 0 Å². The van der Waals surface area contributed by atoms with Gasteiger partial charge in [0.05, 0.1) is 7.11 Å². The molecule has 0 fully saturated rings. The first-order chi connectivity index (χ1) is 14.3. The van der Waals surface area contributed by atoms with E-state index in [1.807, 2.05) is 42.5 Å². The van der Waals surface area contributed by atoms with Crippen LogP contribution in [-0.2, 0) is 0 Å². The van der Waals surface area contributed by atoms with Gasteiger partial charge in [-0.2, -0.15) is 4.68 Å². The number of aromatic nitrogens is 4. The predicted octanol–water partition coefficient (Wildman–Crippen LogP) is 4.40. The van der Waals surface area contributed by atoms with Crippen LogP contribution in [0.1, 0.15) is 17.2 Å². The number of anilines is 1. The third-order valence-electron chi connectivity index (χ3n) is 5.09. The van der Waals surface area contributed by atoms with E-state index in [0.717, 1.165) is 22.6 Å². The van der Waals surface area contributed by atoms with Crippen molar-refractivity contribution in [2.45, 2.75) is 6.04 Å². The van der Waals surface area contributed by atoms with E-state index in [2.05, 4.69) is 63.3 Å². The van der Waals surface area contributed by atoms with Crippen LogP contribution in [0.3, 0.4) is 0 Å². The topological polar surface area (TPSA) is 64.9 Å². The van der Waals surface area contributed by atoms with Crippen molar-refractivity contribution < 1.29 is 4.74 Å². The zero-order valence-electron chi connectivity index (χ0n) is 15.9. The molecule has 1 aliphatic heterocycles. The van der Waals surface area contributed by atoms with Gasteiger partial charge < -0.3 is 10.1 Å². The lowest BCUT2D eigenvalue weighted by Crippen LogP contribution is -2.20. The zero-order valence-corrected chi connectivity index (χ0v) is 15.9. The Kier molecular flexibility index (Phi) is 4.29. The molecule has 1 aromatic heterocycles. The van der Waals surface area contributed by atoms with E-state index >= 15 is 0 Å². The number of benzene rings is 3. The van der Waals surface area contributed by atoms with E-state index in [0.29, 0.717) is 5.95 Å². The molecule has 0 radical (unpaired) electrons. The van der Waals surface area contributed by atoms with Crippen LogP contribution in [0.5, 0.6) is 5.75 Å². The second-order valence-corrected chi connectivity index (χ2v) is 6.78. The Labute approximate surface area is 168 Å². The van der Waals surface area contributed by atoms with Gasteiger partial charge in [0.1, 0.15) is 11.8 Å². The minimum absolute atomic E-state index is 0.166. The molecular formula is C23H19N5O. The van der Waals surface area contributed by atoms with E-state index in [9.17, 15) is 0 Å². The molecule has 5 rings (SSSR count). The Balaban J connectivity index is 1.54. The first kappa shape index (κ1) is 17.2. The van der Waals surface area contributed by atoms with Crippen molar-refractivity contribution in [3.8, 4) is 16.9 Å². The maximum absolute atomic E-state index is 5.56. The zero-order chi connectivity index (χ0) is 19.6. The van der Waals surface area contributed by atoms with Gasteiger partial charge in [-0.1, -0.05) is 77.9 Å². The van der Waals surface area contributed by atoms with Gasteiger partial charge >= 0.3 is 0 Å². The number of rotatable bonds is 4. The minimum Gasteiger partial charge on any atom is -0.496 e. The van der Waals surface area contributed by atoms with Crippen LogP contribution in [0.2, 0.25) is 0 Å². The molecule has 1 aliphatic rings. The van der Waals surface area contributed by atoms with Crippen molar-refractivity contribution in [3.63, 3.8) is 0 Å². The highest BCUT2D eigenvalue weighted by atomic mass is 16.5. The maximum Gasteiger partial charge on any atom is 0.248 e. The molecule has 0 bridgehead atoms. The van der Waals surface area contributed by atoms with Crippen molar-refractivity contribution in [1.29, 1.82) is 0 Å². The van der Waals surface area contributed by atoms with Crippen molar-refractivity contribution in [2.24, 2.45) is 0 Å². The normalized spacial score (nSPS) is 15.2. The molecule has 0 amide bonds. The van der Waals surface area contributed by atoms with Crippen molar-refractivity contribution >= 4 is 11.6 Å². The number of nitrogens with one attached hydrogen (secondary N) is 1. The second kappa shape index (κ2) is 7.24. The molecule has 0 saturated carbocycles. The summed E-state index contributed by atoms with van der Waals surface area (Å²) in [4.78, 5) is 0. The monoisotopic (exact) mass is 381 g/mol. The maximum atomic E-state index is 5.56. The molecule has 6 nitrogen and oxygen atoms in total. The highest BCUT2D eigenvalue weighted by Crippen LogP contribution is 2.35. The Bertz CT molecular complexity index is 1170. The summed E-state index contributed by atoms with van der Waals surface area (Å²) in [5.41, 5.74) is 5.41. The summed E-state index contributed by atoms with van der Waals surface area (Å²) in [6.45, 7) is 0. The first-order valence-corrected chi connectivity index (χ1v) is 9.39. The Morgan fingerprint density at radius 2 is 1.52 bits per heavy atom. The number of fused-ring (bicyclic) bond motifs is 1. The van der Waals surface area contributed by atoms with E-state index in [-0.39, 0.29) is 6.04 Å². The van der Waals surface area contributed by atoms with E-state index < -0.39 is 0 Å². The smallest absolute Gasteiger partial charge is 0.248 e. The fourth-order valence-electron chi connectivity index (χ4n) is 3.63. The van der Waals surface area contributed by atoms with Gasteiger partial charge in [-0.3, -0.25) is 0 Å². The lowest BCUT2D eigenvalue weighted by atomic mass is 9.99. The predicted molar refractivity (Wildman–Crippen MR) is 112 cm³/mol. The second-order valence-electron chi connectivity index (χ2n) is 6.78. The van der Waals surface area contributed by atoms with Gasteiger partial charge in [0, 0.05) is 11.3 Å². The number of allylic oxidation sites excluding steroid dienone is 1. The fourth-order valence-corrected chi connectivity index (χ4v) is 3.63. The van der Waals surface area contributed by atoms with Crippen molar-refractivity contribution in [3.05, 3.63) is 96.1 Å². The summed E-state index contributed by atoms with van der Waals surface area (Å²) in [7, 11) is 1.67. The number of para-hydroxylation sites is 1. The van der Waals surface area contributed by atoms with Gasteiger partial charge in [0.2, 0.25) is 5.95 Å². The van der Waals surface area contributed by atoms with Gasteiger partial charge in [-0.15, -0.1) is 0 Å². The van der Waals surface area contributed by atoms with Crippen LogP contribution in [0.25, 0.3) is 16.8 Å². The van der Waals surface area contributed by atoms with Crippen LogP contribution in [0.4, 0.5) is 5.95 Å². The molecule has 2 heterocycles. The molecule has 0 aliphatic carbocycles. The van der Waals surface area contributed by atoms with Crippen LogP contribution in [-0.4, -0.2) is 27.3 Å². The van der Waals surface area contributed by atoms with E-state index in [4.69, 9.17) is 4.74 Å². The summed E-state index contributed by atoms with van der Waals surface area (Å²) in [5, 5.41) is 15.5. The highest BCUT2D eigenvalue weighted by molar-refractivity contribution is 5.78. The summed E-state index contributed by atoms with van der Waals surface area (Å²) in [5.74, 6) is 1.40. The summed E-state index contributed by atoms with van der Waals surface area (Å²) >= 11 is 0.